The third-order valence-electron chi connectivity index (χ3n) is 5.89. The van der Waals surface area contributed by atoms with Crippen LogP contribution in [0.15, 0.2) is 24.3 Å². The number of hydrogen-bond acceptors (Lipinski definition) is 3. The highest BCUT2D eigenvalue weighted by atomic mass is 35.5. The summed E-state index contributed by atoms with van der Waals surface area (Å²) in [5, 5.41) is 10.9. The second kappa shape index (κ2) is 14.0. The van der Waals surface area contributed by atoms with Crippen LogP contribution in [0, 0.1) is 0 Å². The molecule has 1 aromatic rings. The average molecular weight is 426 g/mol. The zero-order chi connectivity index (χ0) is 21.7. The van der Waals surface area contributed by atoms with Crippen LogP contribution in [-0.4, -0.2) is 37.2 Å². The normalized spacial score (nSPS) is 20.2. The van der Waals surface area contributed by atoms with Crippen LogP contribution in [-0.2, 0) is 9.53 Å². The quantitative estimate of drug-likeness (QED) is 0.348. The van der Waals surface area contributed by atoms with E-state index in [1.807, 2.05) is 24.3 Å². The van der Waals surface area contributed by atoms with Gasteiger partial charge in [-0.1, -0.05) is 82.0 Å². The first-order valence-electron chi connectivity index (χ1n) is 11.2. The Morgan fingerprint density at radius 2 is 1.62 bits per heavy atom. The number of carbonyl (C=O) groups excluding carboxylic acids is 1. The van der Waals surface area contributed by atoms with E-state index in [9.17, 15) is 9.90 Å². The van der Waals surface area contributed by atoms with Crippen LogP contribution in [0.4, 0.5) is 0 Å². The van der Waals surface area contributed by atoms with Gasteiger partial charge in [0.15, 0.2) is 0 Å². The van der Waals surface area contributed by atoms with Crippen molar-refractivity contribution in [3.63, 3.8) is 0 Å². The van der Waals surface area contributed by atoms with E-state index in [4.69, 9.17) is 16.3 Å². The van der Waals surface area contributed by atoms with Gasteiger partial charge in [0.05, 0.1) is 24.7 Å². The largest absolute Gasteiger partial charge is 0.550 e. The molecule has 2 rings (SSSR count). The number of benzene rings is 1. The van der Waals surface area contributed by atoms with Crippen LogP contribution in [0.3, 0.4) is 0 Å². The molecule has 1 aliphatic heterocycles. The van der Waals surface area contributed by atoms with Crippen LogP contribution < -0.4 is 5.11 Å². The maximum Gasteiger partial charge on any atom is 0.221 e. The molecule has 29 heavy (non-hydrogen) atoms. The van der Waals surface area contributed by atoms with Crippen molar-refractivity contribution in [2.24, 2.45) is 0 Å². The number of halogens is 1. The van der Waals surface area contributed by atoms with E-state index < -0.39 is 5.97 Å². The standard InChI is InChI=1S/C12H17ClNO.C12H24O2/c1-9-8-15-12(14(9,2)3)10-6-4-5-7-11(10)13;1-2-3-4-5-6-7-8-9-10-11-12(13)14/h4-7,9,12H,8H2,1-3H3;2-11H2,1H3,(H,13,14)/q+1;/p-1. The monoisotopic (exact) mass is 425 g/mol. The van der Waals surface area contributed by atoms with E-state index in [2.05, 4.69) is 27.9 Å². The van der Waals surface area contributed by atoms with Gasteiger partial charge in [0.2, 0.25) is 6.23 Å². The van der Waals surface area contributed by atoms with Gasteiger partial charge in [-0.25, -0.2) is 0 Å². The third kappa shape index (κ3) is 9.50. The van der Waals surface area contributed by atoms with Crippen molar-refractivity contribution in [3.05, 3.63) is 34.9 Å². The van der Waals surface area contributed by atoms with E-state index in [0.717, 1.165) is 34.5 Å². The molecular weight excluding hydrogens is 386 g/mol. The van der Waals surface area contributed by atoms with E-state index in [0.29, 0.717) is 6.04 Å². The van der Waals surface area contributed by atoms with Crippen molar-refractivity contribution >= 4 is 17.6 Å². The number of likely N-dealkylation sites (N-methyl/N-ethyl adjacent to an activating group) is 1. The molecule has 0 spiro atoms. The number of rotatable bonds is 11. The van der Waals surface area contributed by atoms with E-state index in [1.54, 1.807) is 0 Å². The number of nitrogens with zero attached hydrogens (tertiary/aromatic N) is 1. The minimum absolute atomic E-state index is 0.0636. The summed E-state index contributed by atoms with van der Waals surface area (Å²) in [5.41, 5.74) is 1.09. The number of carboxylic acid groups (broad SMARTS) is 1. The molecule has 0 radical (unpaired) electrons. The Balaban J connectivity index is 0.000000291. The zero-order valence-corrected chi connectivity index (χ0v) is 19.5. The summed E-state index contributed by atoms with van der Waals surface area (Å²) in [5.74, 6) is -0.909. The molecule has 1 fully saturated rings. The highest BCUT2D eigenvalue weighted by Gasteiger charge is 2.43. The lowest BCUT2D eigenvalue weighted by molar-refractivity contribution is -0.940. The van der Waals surface area contributed by atoms with Crippen LogP contribution in [0.5, 0.6) is 0 Å². The number of ether oxygens (including phenoxy) is 1. The average Bonchev–Trinajstić information content (AvgIpc) is 2.94. The molecule has 2 unspecified atom stereocenters. The maximum atomic E-state index is 10.1. The number of carbonyl (C=O) groups is 1. The SMILES string of the molecule is CC1COC(c2ccccc2Cl)[N+]1(C)C.CCCCCCCCCCCC(=O)[O-]. The molecule has 166 valence electrons. The fourth-order valence-corrected chi connectivity index (χ4v) is 3.78. The van der Waals surface area contributed by atoms with E-state index in [-0.39, 0.29) is 12.6 Å². The fourth-order valence-electron chi connectivity index (χ4n) is 3.55. The molecule has 0 amide bonds. The van der Waals surface area contributed by atoms with Gasteiger partial charge >= 0.3 is 0 Å². The summed E-state index contributed by atoms with van der Waals surface area (Å²) in [6.45, 7) is 5.22. The van der Waals surface area contributed by atoms with Crippen LogP contribution in [0.1, 0.15) is 89.8 Å². The predicted molar refractivity (Wildman–Crippen MR) is 119 cm³/mol. The first kappa shape index (κ1) is 25.9. The van der Waals surface area contributed by atoms with Gasteiger partial charge in [0.25, 0.3) is 0 Å². The second-order valence-electron chi connectivity index (χ2n) is 8.64. The number of aliphatic carboxylic acids is 1. The molecule has 0 bridgehead atoms. The molecule has 0 saturated carbocycles. The summed E-state index contributed by atoms with van der Waals surface area (Å²) in [4.78, 5) is 10.1. The molecule has 5 heteroatoms. The number of quaternary nitrogens is 1. The Labute approximate surface area is 182 Å². The number of hydrogen-bond donors (Lipinski definition) is 0. The van der Waals surface area contributed by atoms with Gasteiger partial charge in [0, 0.05) is 5.97 Å². The Bertz CT molecular complexity index is 591. The van der Waals surface area contributed by atoms with Gasteiger partial charge in [-0.2, -0.15) is 0 Å². The fraction of sp³-hybridized carbons (Fsp3) is 0.708. The molecule has 2 atom stereocenters. The minimum atomic E-state index is -0.909. The third-order valence-corrected chi connectivity index (χ3v) is 6.24. The van der Waals surface area contributed by atoms with Crippen molar-refractivity contribution in [1.82, 2.24) is 0 Å². The first-order valence-corrected chi connectivity index (χ1v) is 11.6. The van der Waals surface area contributed by atoms with Gasteiger partial charge < -0.3 is 14.6 Å². The van der Waals surface area contributed by atoms with Crippen LogP contribution in [0.2, 0.25) is 5.02 Å². The lowest BCUT2D eigenvalue weighted by Crippen LogP contribution is -2.45. The Kier molecular flexibility index (Phi) is 12.5. The highest BCUT2D eigenvalue weighted by Crippen LogP contribution is 2.37. The van der Waals surface area contributed by atoms with Crippen molar-refractivity contribution in [3.8, 4) is 0 Å². The Morgan fingerprint density at radius 3 is 2.10 bits per heavy atom. The molecule has 0 aromatic heterocycles. The lowest BCUT2D eigenvalue weighted by atomic mass is 10.1. The summed E-state index contributed by atoms with van der Waals surface area (Å²) >= 11 is 6.19. The Morgan fingerprint density at radius 1 is 1.07 bits per heavy atom. The van der Waals surface area contributed by atoms with Crippen molar-refractivity contribution in [2.45, 2.75) is 90.3 Å². The van der Waals surface area contributed by atoms with Gasteiger partial charge in [-0.3, -0.25) is 4.48 Å². The molecule has 4 nitrogen and oxygen atoms in total. The maximum absolute atomic E-state index is 10.1. The van der Waals surface area contributed by atoms with Crippen molar-refractivity contribution < 1.29 is 19.1 Å². The molecule has 1 heterocycles. The molecule has 0 aliphatic carbocycles. The lowest BCUT2D eigenvalue weighted by Gasteiger charge is -2.33. The summed E-state index contributed by atoms with van der Waals surface area (Å²) in [6.07, 6.45) is 11.2. The molecule has 1 aromatic carbocycles. The molecule has 1 saturated heterocycles. The van der Waals surface area contributed by atoms with Crippen LogP contribution >= 0.6 is 11.6 Å². The minimum Gasteiger partial charge on any atom is -0.550 e. The van der Waals surface area contributed by atoms with Gasteiger partial charge in [-0.15, -0.1) is 0 Å². The number of carboxylic acids is 1. The van der Waals surface area contributed by atoms with E-state index >= 15 is 0 Å². The Hall–Kier alpha value is -1.10. The van der Waals surface area contributed by atoms with Crippen molar-refractivity contribution in [2.75, 3.05) is 20.7 Å². The van der Waals surface area contributed by atoms with Gasteiger partial charge in [0.1, 0.15) is 12.6 Å². The molecule has 1 aliphatic rings. The summed E-state index contributed by atoms with van der Waals surface area (Å²) in [7, 11) is 4.37. The molecule has 0 N–H and O–H groups in total. The number of unbranched alkanes of at least 4 members (excludes halogenated alkanes) is 8. The molecular formula is C24H40ClNO3. The van der Waals surface area contributed by atoms with E-state index in [1.165, 1.54) is 44.9 Å². The summed E-state index contributed by atoms with van der Waals surface area (Å²) < 4.78 is 6.67. The van der Waals surface area contributed by atoms with Crippen molar-refractivity contribution in [1.29, 1.82) is 0 Å². The topological polar surface area (TPSA) is 49.4 Å². The highest BCUT2D eigenvalue weighted by molar-refractivity contribution is 6.31. The first-order chi connectivity index (χ1) is 13.8. The summed E-state index contributed by atoms with van der Waals surface area (Å²) in [6, 6.07) is 8.43. The smallest absolute Gasteiger partial charge is 0.221 e. The predicted octanol–water partition coefficient (Wildman–Crippen LogP) is 5.49. The van der Waals surface area contributed by atoms with Crippen LogP contribution in [0.25, 0.3) is 0 Å². The van der Waals surface area contributed by atoms with Gasteiger partial charge in [-0.05, 0) is 31.9 Å². The zero-order valence-electron chi connectivity index (χ0n) is 18.8. The second-order valence-corrected chi connectivity index (χ2v) is 9.04.